The van der Waals surface area contributed by atoms with Crippen LogP contribution < -0.4 is 5.32 Å². The maximum Gasteiger partial charge on any atom is 0.0594 e. The van der Waals surface area contributed by atoms with E-state index in [0.717, 1.165) is 38.6 Å². The van der Waals surface area contributed by atoms with Crippen molar-refractivity contribution >= 4 is 0 Å². The minimum Gasteiger partial charge on any atom is -0.377 e. The smallest absolute Gasteiger partial charge is 0.0594 e. The van der Waals surface area contributed by atoms with E-state index in [1.807, 2.05) is 0 Å². The molecule has 1 N–H and O–H groups in total. The quantitative estimate of drug-likeness (QED) is 0.581. The summed E-state index contributed by atoms with van der Waals surface area (Å²) in [5, 5.41) is 3.40. The molecule has 0 aliphatic carbocycles. The van der Waals surface area contributed by atoms with E-state index in [0.29, 0.717) is 6.10 Å². The van der Waals surface area contributed by atoms with Crippen molar-refractivity contribution < 1.29 is 4.74 Å². The summed E-state index contributed by atoms with van der Waals surface area (Å²) in [6.45, 7) is 10.7. The van der Waals surface area contributed by atoms with Gasteiger partial charge in [-0.2, -0.15) is 0 Å². The van der Waals surface area contributed by atoms with Crippen molar-refractivity contribution in [2.45, 2.75) is 39.7 Å². The van der Waals surface area contributed by atoms with Crippen LogP contribution >= 0.6 is 0 Å². The Morgan fingerprint density at radius 2 is 1.81 bits per heavy atom. The van der Waals surface area contributed by atoms with E-state index in [2.05, 4.69) is 45.1 Å². The third kappa shape index (κ3) is 12.0. The Kier molecular flexibility index (Phi) is 9.99. The van der Waals surface area contributed by atoms with Gasteiger partial charge in [-0.1, -0.05) is 13.8 Å². The molecular formula is C13H30N2O. The first-order chi connectivity index (χ1) is 7.52. The van der Waals surface area contributed by atoms with E-state index in [1.54, 1.807) is 0 Å². The predicted molar refractivity (Wildman–Crippen MR) is 70.9 cm³/mol. The van der Waals surface area contributed by atoms with Crippen LogP contribution in [0.3, 0.4) is 0 Å². The molecule has 0 amide bonds. The van der Waals surface area contributed by atoms with Gasteiger partial charge in [0.2, 0.25) is 0 Å². The van der Waals surface area contributed by atoms with E-state index in [4.69, 9.17) is 4.74 Å². The average molecular weight is 230 g/mol. The topological polar surface area (TPSA) is 24.5 Å². The van der Waals surface area contributed by atoms with Crippen LogP contribution in [0.15, 0.2) is 0 Å². The molecule has 0 aromatic rings. The molecule has 0 saturated carbocycles. The normalized spacial score (nSPS) is 13.7. The average Bonchev–Trinajstić information content (AvgIpc) is 2.14. The van der Waals surface area contributed by atoms with Crippen molar-refractivity contribution in [3.8, 4) is 0 Å². The van der Waals surface area contributed by atoms with Crippen LogP contribution in [0.2, 0.25) is 0 Å². The number of nitrogens with zero attached hydrogens (tertiary/aromatic N) is 1. The first kappa shape index (κ1) is 15.9. The Balaban J connectivity index is 3.14. The van der Waals surface area contributed by atoms with Gasteiger partial charge >= 0.3 is 0 Å². The van der Waals surface area contributed by atoms with E-state index in [1.165, 1.54) is 6.42 Å². The molecule has 0 rings (SSSR count). The fourth-order valence-corrected chi connectivity index (χ4v) is 1.71. The highest BCUT2D eigenvalue weighted by atomic mass is 16.5. The molecule has 0 saturated heterocycles. The lowest BCUT2D eigenvalue weighted by molar-refractivity contribution is 0.0539. The van der Waals surface area contributed by atoms with E-state index in [9.17, 15) is 0 Å². The molecule has 0 aliphatic rings. The third-order valence-electron chi connectivity index (χ3n) is 2.44. The van der Waals surface area contributed by atoms with Crippen LogP contribution in [-0.4, -0.2) is 51.3 Å². The van der Waals surface area contributed by atoms with Crippen molar-refractivity contribution in [1.82, 2.24) is 10.2 Å². The maximum absolute atomic E-state index is 5.71. The number of nitrogens with one attached hydrogen (secondary N) is 1. The Hall–Kier alpha value is -0.120. The largest absolute Gasteiger partial charge is 0.377 e. The van der Waals surface area contributed by atoms with Crippen LogP contribution in [0.1, 0.15) is 33.6 Å². The first-order valence-corrected chi connectivity index (χ1v) is 6.49. The summed E-state index contributed by atoms with van der Waals surface area (Å²) in [5.41, 5.74) is 0. The number of hydrogen-bond acceptors (Lipinski definition) is 3. The van der Waals surface area contributed by atoms with Gasteiger partial charge in [-0.3, -0.25) is 0 Å². The zero-order valence-corrected chi connectivity index (χ0v) is 11.8. The van der Waals surface area contributed by atoms with Crippen LogP contribution in [0.5, 0.6) is 0 Å². The number of ether oxygens (including phenoxy) is 1. The highest BCUT2D eigenvalue weighted by Crippen LogP contribution is 2.06. The van der Waals surface area contributed by atoms with Gasteiger partial charge in [0.15, 0.2) is 0 Å². The van der Waals surface area contributed by atoms with Gasteiger partial charge < -0.3 is 15.0 Å². The Morgan fingerprint density at radius 3 is 2.38 bits per heavy atom. The van der Waals surface area contributed by atoms with Crippen molar-refractivity contribution in [1.29, 1.82) is 0 Å². The van der Waals surface area contributed by atoms with E-state index >= 15 is 0 Å². The second kappa shape index (κ2) is 10.1. The highest BCUT2D eigenvalue weighted by Gasteiger charge is 2.04. The van der Waals surface area contributed by atoms with Gasteiger partial charge in [-0.25, -0.2) is 0 Å². The lowest BCUT2D eigenvalue weighted by atomic mass is 10.1. The lowest BCUT2D eigenvalue weighted by Gasteiger charge is -2.15. The minimum absolute atomic E-state index is 0.392. The zero-order valence-electron chi connectivity index (χ0n) is 11.8. The van der Waals surface area contributed by atoms with Crippen molar-refractivity contribution in [3.63, 3.8) is 0 Å². The Bertz CT molecular complexity index is 149. The molecule has 98 valence electrons. The van der Waals surface area contributed by atoms with Gasteiger partial charge in [0.25, 0.3) is 0 Å². The fourth-order valence-electron chi connectivity index (χ4n) is 1.71. The van der Waals surface area contributed by atoms with Crippen molar-refractivity contribution in [3.05, 3.63) is 0 Å². The first-order valence-electron chi connectivity index (χ1n) is 6.49. The summed E-state index contributed by atoms with van der Waals surface area (Å²) >= 11 is 0. The van der Waals surface area contributed by atoms with E-state index in [-0.39, 0.29) is 0 Å². The van der Waals surface area contributed by atoms with Crippen LogP contribution in [0.25, 0.3) is 0 Å². The maximum atomic E-state index is 5.71. The van der Waals surface area contributed by atoms with Crippen molar-refractivity contribution in [2.24, 2.45) is 5.92 Å². The lowest BCUT2D eigenvalue weighted by Crippen LogP contribution is -2.25. The number of rotatable bonds is 10. The number of hydrogen-bond donors (Lipinski definition) is 1. The Morgan fingerprint density at radius 1 is 1.12 bits per heavy atom. The minimum atomic E-state index is 0.392. The molecule has 0 heterocycles. The summed E-state index contributed by atoms with van der Waals surface area (Å²) in [5.74, 6) is 0.725. The molecule has 0 spiro atoms. The van der Waals surface area contributed by atoms with E-state index < -0.39 is 0 Å². The molecule has 3 heteroatoms. The summed E-state index contributed by atoms with van der Waals surface area (Å²) in [7, 11) is 4.22. The van der Waals surface area contributed by atoms with Crippen LogP contribution in [0, 0.1) is 5.92 Å². The molecule has 1 unspecified atom stereocenters. The molecule has 0 aromatic heterocycles. The zero-order chi connectivity index (χ0) is 12.4. The molecular weight excluding hydrogens is 200 g/mol. The molecule has 0 bridgehead atoms. The molecule has 0 fully saturated rings. The summed E-state index contributed by atoms with van der Waals surface area (Å²) in [4.78, 5) is 2.21. The molecule has 0 aliphatic heterocycles. The van der Waals surface area contributed by atoms with Gasteiger partial charge in [0.05, 0.1) is 12.7 Å². The van der Waals surface area contributed by atoms with Gasteiger partial charge in [0.1, 0.15) is 0 Å². The second-order valence-electron chi connectivity index (χ2n) is 5.22. The summed E-state index contributed by atoms with van der Waals surface area (Å²) in [6, 6.07) is 0. The van der Waals surface area contributed by atoms with Gasteiger partial charge in [-0.05, 0) is 52.9 Å². The monoisotopic (exact) mass is 230 g/mol. The molecule has 1 atom stereocenters. The molecule has 3 nitrogen and oxygen atoms in total. The van der Waals surface area contributed by atoms with Crippen molar-refractivity contribution in [2.75, 3.05) is 40.3 Å². The molecule has 16 heavy (non-hydrogen) atoms. The Labute approximate surface area is 102 Å². The second-order valence-corrected chi connectivity index (χ2v) is 5.22. The summed E-state index contributed by atoms with van der Waals surface area (Å²) < 4.78 is 5.71. The molecule has 0 aromatic carbocycles. The third-order valence-corrected chi connectivity index (χ3v) is 2.44. The van der Waals surface area contributed by atoms with Gasteiger partial charge in [-0.15, -0.1) is 0 Å². The van der Waals surface area contributed by atoms with Gasteiger partial charge in [0, 0.05) is 6.54 Å². The summed E-state index contributed by atoms with van der Waals surface area (Å²) in [6.07, 6.45) is 2.75. The SMILES string of the molecule is CC(C)CC(C)OCCNCCCN(C)C. The predicted octanol–water partition coefficient (Wildman–Crippen LogP) is 1.98. The highest BCUT2D eigenvalue weighted by molar-refractivity contribution is 4.55. The molecule has 0 radical (unpaired) electrons. The standard InChI is InChI=1S/C13H30N2O/c1-12(2)11-13(3)16-10-8-14-7-6-9-15(4)5/h12-14H,6-11H2,1-5H3. The fraction of sp³-hybridized carbons (Fsp3) is 1.00. The van der Waals surface area contributed by atoms with Crippen LogP contribution in [0.4, 0.5) is 0 Å². The van der Waals surface area contributed by atoms with Crippen LogP contribution in [-0.2, 0) is 4.74 Å².